The topological polar surface area (TPSA) is 49.4 Å². The summed E-state index contributed by atoms with van der Waals surface area (Å²) in [7, 11) is 0. The van der Waals surface area contributed by atoms with Crippen LogP contribution in [0.4, 0.5) is 10.8 Å². The Kier molecular flexibility index (Phi) is 4.75. The molecule has 1 fully saturated rings. The van der Waals surface area contributed by atoms with Crippen molar-refractivity contribution in [1.29, 1.82) is 0 Å². The Morgan fingerprint density at radius 1 is 1.36 bits per heavy atom. The number of nitrogens with zero attached hydrogens (tertiary/aromatic N) is 2. The highest BCUT2D eigenvalue weighted by molar-refractivity contribution is 7.80. The Morgan fingerprint density at radius 3 is 2.86 bits per heavy atom. The van der Waals surface area contributed by atoms with Gasteiger partial charge in [-0.05, 0) is 44.3 Å². The zero-order chi connectivity index (χ0) is 15.5. The Morgan fingerprint density at radius 2 is 2.14 bits per heavy atom. The summed E-state index contributed by atoms with van der Waals surface area (Å²) in [6.45, 7) is 7.50. The maximum Gasteiger partial charge on any atom is 0.186 e. The van der Waals surface area contributed by atoms with E-state index in [2.05, 4.69) is 35.4 Å². The van der Waals surface area contributed by atoms with Crippen molar-refractivity contribution in [2.75, 3.05) is 36.5 Å². The zero-order valence-electron chi connectivity index (χ0n) is 12.8. The van der Waals surface area contributed by atoms with Gasteiger partial charge in [-0.1, -0.05) is 11.3 Å². The Labute approximate surface area is 139 Å². The van der Waals surface area contributed by atoms with Gasteiger partial charge in [0.2, 0.25) is 0 Å². The highest BCUT2D eigenvalue weighted by atomic mass is 32.1. The first-order valence-corrected chi connectivity index (χ1v) is 8.65. The number of thiazole rings is 1. The number of benzene rings is 1. The lowest BCUT2D eigenvalue weighted by atomic mass is 10.3. The average Bonchev–Trinajstić information content (AvgIpc) is 2.90. The third-order valence-electron chi connectivity index (χ3n) is 3.34. The molecule has 1 saturated heterocycles. The summed E-state index contributed by atoms with van der Waals surface area (Å²) < 4.78 is 6.56. The number of fused-ring (bicyclic) bond motifs is 1. The van der Waals surface area contributed by atoms with E-state index in [9.17, 15) is 0 Å². The van der Waals surface area contributed by atoms with Crippen molar-refractivity contribution < 1.29 is 4.74 Å². The van der Waals surface area contributed by atoms with Crippen LogP contribution in [0.5, 0.6) is 0 Å². The van der Waals surface area contributed by atoms with Crippen LogP contribution in [0.3, 0.4) is 0 Å². The molecule has 118 valence electrons. The number of thiocarbonyl (C=S) groups is 1. The van der Waals surface area contributed by atoms with Gasteiger partial charge in [0.15, 0.2) is 10.2 Å². The fourth-order valence-electron chi connectivity index (χ4n) is 2.31. The van der Waals surface area contributed by atoms with Crippen LogP contribution in [0.25, 0.3) is 10.2 Å². The molecule has 0 spiro atoms. The number of hydrogen-bond acceptors (Lipinski definition) is 5. The number of rotatable bonds is 3. The second-order valence-electron chi connectivity index (χ2n) is 5.53. The van der Waals surface area contributed by atoms with Crippen molar-refractivity contribution in [1.82, 2.24) is 10.3 Å². The van der Waals surface area contributed by atoms with E-state index in [4.69, 9.17) is 21.9 Å². The van der Waals surface area contributed by atoms with E-state index in [-0.39, 0.29) is 0 Å². The van der Waals surface area contributed by atoms with Crippen LogP contribution in [0, 0.1) is 0 Å². The molecule has 2 aromatic rings. The van der Waals surface area contributed by atoms with Crippen molar-refractivity contribution in [3.63, 3.8) is 0 Å². The molecule has 0 bridgehead atoms. The zero-order valence-corrected chi connectivity index (χ0v) is 14.4. The van der Waals surface area contributed by atoms with E-state index in [0.717, 1.165) is 42.6 Å². The van der Waals surface area contributed by atoms with Crippen LogP contribution in [0.15, 0.2) is 18.2 Å². The summed E-state index contributed by atoms with van der Waals surface area (Å²) in [5, 5.41) is 8.12. The first-order valence-electron chi connectivity index (χ1n) is 7.42. The first kappa shape index (κ1) is 15.5. The molecule has 0 unspecified atom stereocenters. The molecule has 22 heavy (non-hydrogen) atoms. The first-order chi connectivity index (χ1) is 10.6. The molecule has 2 N–H and O–H groups in total. The smallest absolute Gasteiger partial charge is 0.186 e. The molecule has 1 aromatic heterocycles. The van der Waals surface area contributed by atoms with Gasteiger partial charge in [-0.25, -0.2) is 4.98 Å². The second kappa shape index (κ2) is 6.76. The molecule has 0 atom stereocenters. The Hall–Kier alpha value is -1.44. The summed E-state index contributed by atoms with van der Waals surface area (Å²) in [5.41, 5.74) is 2.02. The van der Waals surface area contributed by atoms with E-state index in [1.54, 1.807) is 11.3 Å². The third kappa shape index (κ3) is 3.66. The van der Waals surface area contributed by atoms with E-state index < -0.39 is 0 Å². The molecular weight excluding hydrogens is 316 g/mol. The van der Waals surface area contributed by atoms with Gasteiger partial charge in [-0.3, -0.25) is 0 Å². The number of anilines is 2. The fourth-order valence-corrected chi connectivity index (χ4v) is 3.72. The molecule has 2 heterocycles. The van der Waals surface area contributed by atoms with Gasteiger partial charge in [-0.15, -0.1) is 0 Å². The van der Waals surface area contributed by atoms with E-state index >= 15 is 0 Å². The molecule has 0 radical (unpaired) electrons. The van der Waals surface area contributed by atoms with Gasteiger partial charge < -0.3 is 20.3 Å². The summed E-state index contributed by atoms with van der Waals surface area (Å²) >= 11 is 7.00. The predicted octanol–water partition coefficient (Wildman–Crippen LogP) is 2.83. The monoisotopic (exact) mass is 336 g/mol. The minimum Gasteiger partial charge on any atom is -0.378 e. The molecule has 0 aliphatic carbocycles. The van der Waals surface area contributed by atoms with Gasteiger partial charge in [0.25, 0.3) is 0 Å². The Bertz CT molecular complexity index is 665. The largest absolute Gasteiger partial charge is 0.378 e. The van der Waals surface area contributed by atoms with Crippen LogP contribution in [0.1, 0.15) is 13.8 Å². The van der Waals surface area contributed by atoms with Crippen molar-refractivity contribution in [2.45, 2.75) is 19.9 Å². The third-order valence-corrected chi connectivity index (χ3v) is 4.64. The number of aromatic nitrogens is 1. The lowest BCUT2D eigenvalue weighted by Gasteiger charge is -2.25. The summed E-state index contributed by atoms with van der Waals surface area (Å²) in [6, 6.07) is 6.47. The van der Waals surface area contributed by atoms with Crippen molar-refractivity contribution in [3.8, 4) is 0 Å². The molecule has 0 amide bonds. The molecule has 7 heteroatoms. The molecule has 0 saturated carbocycles. The SMILES string of the molecule is CC(C)NC(=S)Nc1ccc2nc(N3CCOCC3)sc2c1. The van der Waals surface area contributed by atoms with Gasteiger partial charge in [-0.2, -0.15) is 0 Å². The quantitative estimate of drug-likeness (QED) is 0.841. The predicted molar refractivity (Wildman–Crippen MR) is 97.1 cm³/mol. The van der Waals surface area contributed by atoms with Crippen molar-refractivity contribution in [2.24, 2.45) is 0 Å². The minimum absolute atomic E-state index is 0.319. The van der Waals surface area contributed by atoms with Crippen LogP contribution >= 0.6 is 23.6 Å². The highest BCUT2D eigenvalue weighted by Gasteiger charge is 2.15. The molecular formula is C15H20N4OS2. The van der Waals surface area contributed by atoms with E-state index in [0.29, 0.717) is 11.2 Å². The maximum absolute atomic E-state index is 5.39. The molecule has 3 rings (SSSR count). The van der Waals surface area contributed by atoms with Crippen molar-refractivity contribution >= 4 is 49.7 Å². The van der Waals surface area contributed by atoms with Gasteiger partial charge >= 0.3 is 0 Å². The number of morpholine rings is 1. The van der Waals surface area contributed by atoms with Gasteiger partial charge in [0.1, 0.15) is 0 Å². The van der Waals surface area contributed by atoms with E-state index in [1.807, 2.05) is 12.1 Å². The lowest BCUT2D eigenvalue weighted by Crippen LogP contribution is -2.36. The highest BCUT2D eigenvalue weighted by Crippen LogP contribution is 2.31. The summed E-state index contributed by atoms with van der Waals surface area (Å²) in [6.07, 6.45) is 0. The standard InChI is InChI=1S/C15H20N4OS2/c1-10(2)16-14(21)17-11-3-4-12-13(9-11)22-15(18-12)19-5-7-20-8-6-19/h3-4,9-10H,5-8H2,1-2H3,(H2,16,17,21). The summed E-state index contributed by atoms with van der Waals surface area (Å²) in [5.74, 6) is 0. The maximum atomic E-state index is 5.39. The fraction of sp³-hybridized carbons (Fsp3) is 0.467. The summed E-state index contributed by atoms with van der Waals surface area (Å²) in [4.78, 5) is 7.00. The van der Waals surface area contributed by atoms with Crippen LogP contribution < -0.4 is 15.5 Å². The minimum atomic E-state index is 0.319. The molecule has 1 aliphatic heterocycles. The van der Waals surface area contributed by atoms with Crippen LogP contribution in [-0.4, -0.2) is 42.4 Å². The van der Waals surface area contributed by atoms with Crippen LogP contribution in [-0.2, 0) is 4.74 Å². The average molecular weight is 336 g/mol. The number of nitrogens with one attached hydrogen (secondary N) is 2. The van der Waals surface area contributed by atoms with Crippen LogP contribution in [0.2, 0.25) is 0 Å². The number of hydrogen-bond donors (Lipinski definition) is 2. The molecule has 1 aromatic carbocycles. The van der Waals surface area contributed by atoms with Gasteiger partial charge in [0.05, 0.1) is 23.4 Å². The number of ether oxygens (including phenoxy) is 1. The molecule has 5 nitrogen and oxygen atoms in total. The lowest BCUT2D eigenvalue weighted by molar-refractivity contribution is 0.122. The normalized spacial score (nSPS) is 15.3. The Balaban J connectivity index is 1.76. The van der Waals surface area contributed by atoms with Crippen molar-refractivity contribution in [3.05, 3.63) is 18.2 Å². The molecule has 1 aliphatic rings. The van der Waals surface area contributed by atoms with Gasteiger partial charge in [0, 0.05) is 24.8 Å². The van der Waals surface area contributed by atoms with E-state index in [1.165, 1.54) is 4.70 Å². The second-order valence-corrected chi connectivity index (χ2v) is 6.95.